The van der Waals surface area contributed by atoms with Crippen molar-refractivity contribution in [3.8, 4) is 0 Å². The van der Waals surface area contributed by atoms with Gasteiger partial charge in [0.05, 0.1) is 22.2 Å². The Hall–Kier alpha value is -0.280. The molecule has 1 fully saturated rings. The number of benzene rings is 1. The Morgan fingerprint density at radius 1 is 1.35 bits per heavy atom. The van der Waals surface area contributed by atoms with E-state index in [1.807, 2.05) is 19.1 Å². The van der Waals surface area contributed by atoms with E-state index in [2.05, 4.69) is 5.32 Å². The normalized spacial score (nSPS) is 19.1. The lowest BCUT2D eigenvalue weighted by molar-refractivity contribution is 0.174. The Morgan fingerprint density at radius 2 is 2.06 bits per heavy atom. The lowest BCUT2D eigenvalue weighted by Gasteiger charge is -2.30. The summed E-state index contributed by atoms with van der Waals surface area (Å²) in [5, 5.41) is 14.1. The molecule has 4 heteroatoms. The van der Waals surface area contributed by atoms with Crippen LogP contribution in [-0.4, -0.2) is 18.3 Å². The highest BCUT2D eigenvalue weighted by atomic mass is 35.5. The van der Waals surface area contributed by atoms with Gasteiger partial charge in [-0.2, -0.15) is 0 Å². The van der Waals surface area contributed by atoms with E-state index in [0.29, 0.717) is 10.0 Å². The third-order valence-corrected chi connectivity index (χ3v) is 4.09. The number of hydrogen-bond donors (Lipinski definition) is 2. The number of aliphatic hydroxyl groups excluding tert-OH is 1. The summed E-state index contributed by atoms with van der Waals surface area (Å²) >= 11 is 11.9. The molecule has 2 N–H and O–H groups in total. The highest BCUT2D eigenvalue weighted by molar-refractivity contribution is 6.42. The van der Waals surface area contributed by atoms with Crippen molar-refractivity contribution in [3.63, 3.8) is 0 Å². The molecule has 1 aliphatic carbocycles. The Labute approximate surface area is 112 Å². The van der Waals surface area contributed by atoms with Crippen molar-refractivity contribution in [2.75, 3.05) is 13.2 Å². The van der Waals surface area contributed by atoms with Gasteiger partial charge in [0.15, 0.2) is 0 Å². The molecular formula is C13H17Cl2NO. The summed E-state index contributed by atoms with van der Waals surface area (Å²) in [4.78, 5) is 0. The van der Waals surface area contributed by atoms with Crippen molar-refractivity contribution in [1.29, 1.82) is 0 Å². The molecule has 0 spiro atoms. The van der Waals surface area contributed by atoms with Crippen LogP contribution in [0.2, 0.25) is 10.0 Å². The molecule has 0 radical (unpaired) electrons. The van der Waals surface area contributed by atoms with Crippen molar-refractivity contribution in [3.05, 3.63) is 33.8 Å². The van der Waals surface area contributed by atoms with Crippen molar-refractivity contribution >= 4 is 23.2 Å². The first-order valence-corrected chi connectivity index (χ1v) is 6.62. The average molecular weight is 274 g/mol. The Balaban J connectivity index is 2.16. The third kappa shape index (κ3) is 3.14. The Morgan fingerprint density at radius 3 is 2.59 bits per heavy atom. The van der Waals surface area contributed by atoms with Gasteiger partial charge in [-0.25, -0.2) is 0 Å². The van der Waals surface area contributed by atoms with Gasteiger partial charge in [0.2, 0.25) is 0 Å². The van der Waals surface area contributed by atoms with Crippen LogP contribution in [0.5, 0.6) is 0 Å². The quantitative estimate of drug-likeness (QED) is 0.864. The minimum atomic E-state index is -0.448. The van der Waals surface area contributed by atoms with Gasteiger partial charge in [-0.3, -0.25) is 0 Å². The zero-order valence-electron chi connectivity index (χ0n) is 9.84. The van der Waals surface area contributed by atoms with Crippen LogP contribution in [0, 0.1) is 5.92 Å². The van der Waals surface area contributed by atoms with Crippen LogP contribution in [0.1, 0.15) is 25.3 Å². The summed E-state index contributed by atoms with van der Waals surface area (Å²) in [6.45, 7) is 2.96. The first kappa shape index (κ1) is 13.2. The van der Waals surface area contributed by atoms with E-state index in [-0.39, 0.29) is 6.61 Å². The molecule has 17 heavy (non-hydrogen) atoms. The van der Waals surface area contributed by atoms with Crippen LogP contribution in [0.15, 0.2) is 18.2 Å². The highest BCUT2D eigenvalue weighted by Gasteiger charge is 2.29. The molecule has 1 aliphatic rings. The Kier molecular flexibility index (Phi) is 3.99. The molecule has 2 nitrogen and oxygen atoms in total. The highest BCUT2D eigenvalue weighted by Crippen LogP contribution is 2.31. The molecular weight excluding hydrogens is 257 g/mol. The molecule has 1 unspecified atom stereocenters. The molecule has 0 aliphatic heterocycles. The molecule has 0 aromatic heterocycles. The molecule has 1 atom stereocenters. The first-order valence-electron chi connectivity index (χ1n) is 5.86. The zero-order valence-corrected chi connectivity index (χ0v) is 11.4. The second-order valence-corrected chi connectivity index (χ2v) is 5.76. The van der Waals surface area contributed by atoms with Gasteiger partial charge in [-0.05, 0) is 49.9 Å². The monoisotopic (exact) mass is 273 g/mol. The van der Waals surface area contributed by atoms with E-state index >= 15 is 0 Å². The summed E-state index contributed by atoms with van der Waals surface area (Å²) in [5.74, 6) is 0.767. The summed E-state index contributed by atoms with van der Waals surface area (Å²) in [5.41, 5.74) is 0.520. The molecule has 1 aromatic rings. The summed E-state index contributed by atoms with van der Waals surface area (Å²) in [6, 6.07) is 5.50. The fourth-order valence-corrected chi connectivity index (χ4v) is 2.08. The minimum Gasteiger partial charge on any atom is -0.394 e. The van der Waals surface area contributed by atoms with E-state index in [9.17, 15) is 5.11 Å². The van der Waals surface area contributed by atoms with E-state index < -0.39 is 5.54 Å². The van der Waals surface area contributed by atoms with Crippen molar-refractivity contribution < 1.29 is 5.11 Å². The van der Waals surface area contributed by atoms with Gasteiger partial charge < -0.3 is 10.4 Å². The molecule has 0 bridgehead atoms. The van der Waals surface area contributed by atoms with Gasteiger partial charge in [0.1, 0.15) is 0 Å². The maximum absolute atomic E-state index is 9.59. The zero-order chi connectivity index (χ0) is 12.5. The average Bonchev–Trinajstić information content (AvgIpc) is 3.13. The van der Waals surface area contributed by atoms with Gasteiger partial charge >= 0.3 is 0 Å². The van der Waals surface area contributed by atoms with Gasteiger partial charge in [-0.15, -0.1) is 0 Å². The number of halogens is 2. The number of rotatable bonds is 5. The Bertz CT molecular complexity index is 406. The van der Waals surface area contributed by atoms with E-state index in [0.717, 1.165) is 18.0 Å². The van der Waals surface area contributed by atoms with E-state index in [1.54, 1.807) is 6.07 Å². The lowest BCUT2D eigenvalue weighted by atomic mass is 9.92. The van der Waals surface area contributed by atoms with Crippen molar-refractivity contribution in [1.82, 2.24) is 5.32 Å². The molecule has 2 rings (SSSR count). The maximum atomic E-state index is 9.59. The smallest absolute Gasteiger partial charge is 0.0652 e. The summed E-state index contributed by atoms with van der Waals surface area (Å²) in [7, 11) is 0. The topological polar surface area (TPSA) is 32.3 Å². The van der Waals surface area contributed by atoms with E-state index in [4.69, 9.17) is 23.2 Å². The third-order valence-electron chi connectivity index (χ3n) is 3.35. The predicted octanol–water partition coefficient (Wildman–Crippen LogP) is 3.20. The van der Waals surface area contributed by atoms with Gasteiger partial charge in [0.25, 0.3) is 0 Å². The SMILES string of the molecule is CC(CO)(NCC1CC1)c1ccc(Cl)c(Cl)c1. The molecule has 0 heterocycles. The van der Waals surface area contributed by atoms with Crippen LogP contribution in [0.25, 0.3) is 0 Å². The van der Waals surface area contributed by atoms with Crippen LogP contribution in [-0.2, 0) is 5.54 Å². The number of aliphatic hydroxyl groups is 1. The summed E-state index contributed by atoms with van der Waals surface area (Å²) in [6.07, 6.45) is 2.58. The maximum Gasteiger partial charge on any atom is 0.0652 e. The van der Waals surface area contributed by atoms with E-state index in [1.165, 1.54) is 12.8 Å². The molecule has 1 aromatic carbocycles. The molecule has 94 valence electrons. The van der Waals surface area contributed by atoms with Gasteiger partial charge in [0, 0.05) is 0 Å². The largest absolute Gasteiger partial charge is 0.394 e. The van der Waals surface area contributed by atoms with Crippen LogP contribution in [0.4, 0.5) is 0 Å². The van der Waals surface area contributed by atoms with Crippen LogP contribution in [0.3, 0.4) is 0 Å². The first-order chi connectivity index (χ1) is 8.05. The van der Waals surface area contributed by atoms with Gasteiger partial charge in [-0.1, -0.05) is 29.3 Å². The van der Waals surface area contributed by atoms with Crippen LogP contribution >= 0.6 is 23.2 Å². The predicted molar refractivity (Wildman–Crippen MR) is 71.6 cm³/mol. The van der Waals surface area contributed by atoms with Crippen LogP contribution < -0.4 is 5.32 Å². The number of nitrogens with one attached hydrogen (secondary N) is 1. The molecule has 1 saturated carbocycles. The second kappa shape index (κ2) is 5.15. The fraction of sp³-hybridized carbons (Fsp3) is 0.538. The lowest BCUT2D eigenvalue weighted by Crippen LogP contribution is -2.43. The summed E-state index contributed by atoms with van der Waals surface area (Å²) < 4.78 is 0. The van der Waals surface area contributed by atoms with Crippen molar-refractivity contribution in [2.24, 2.45) is 5.92 Å². The minimum absolute atomic E-state index is 0.0394. The van der Waals surface area contributed by atoms with Crippen molar-refractivity contribution in [2.45, 2.75) is 25.3 Å². The standard InChI is InChI=1S/C13H17Cl2NO/c1-13(8-17,16-7-9-2-3-9)10-4-5-11(14)12(15)6-10/h4-6,9,16-17H,2-3,7-8H2,1H3. The molecule has 0 saturated heterocycles. The second-order valence-electron chi connectivity index (χ2n) is 4.94. The fourth-order valence-electron chi connectivity index (χ4n) is 1.78. The molecule has 0 amide bonds. The number of hydrogen-bond acceptors (Lipinski definition) is 2.